The fraction of sp³-hybridized carbons (Fsp3) is 1.00. The van der Waals surface area contributed by atoms with E-state index in [9.17, 15) is 0 Å². The van der Waals surface area contributed by atoms with Gasteiger partial charge >= 0.3 is 0 Å². The molecule has 1 aliphatic carbocycles. The third-order valence-electron chi connectivity index (χ3n) is 5.27. The molecule has 0 aromatic carbocycles. The molecule has 0 radical (unpaired) electrons. The fourth-order valence-electron chi connectivity index (χ4n) is 3.74. The second kappa shape index (κ2) is 13.3. The summed E-state index contributed by atoms with van der Waals surface area (Å²) in [6.45, 7) is 0. The predicted molar refractivity (Wildman–Crippen MR) is 143 cm³/mol. The van der Waals surface area contributed by atoms with Crippen molar-refractivity contribution < 1.29 is 0 Å². The van der Waals surface area contributed by atoms with Crippen molar-refractivity contribution in [3.8, 4) is 0 Å². The van der Waals surface area contributed by atoms with Crippen LogP contribution < -0.4 is 0 Å². The number of thioether (sulfide) groups is 6. The van der Waals surface area contributed by atoms with Crippen LogP contribution in [0.15, 0.2) is 0 Å². The van der Waals surface area contributed by atoms with E-state index in [2.05, 4.69) is 95.8 Å². The largest absolute Gasteiger partial charge is 0.178 e. The second-order valence-corrected chi connectivity index (χ2v) is 16.3. The molecule has 152 valence electrons. The zero-order valence-corrected chi connectivity index (χ0v) is 22.0. The number of thiol groups is 2. The maximum atomic E-state index is 4.47. The average Bonchev–Trinajstić information content (AvgIpc) is 3.32. The van der Waals surface area contributed by atoms with Gasteiger partial charge in [0.1, 0.15) is 0 Å². The van der Waals surface area contributed by atoms with Crippen molar-refractivity contribution in [3.63, 3.8) is 0 Å². The van der Waals surface area contributed by atoms with Gasteiger partial charge in [-0.25, -0.2) is 0 Å². The Morgan fingerprint density at radius 1 is 0.692 bits per heavy atom. The molecule has 0 aromatic rings. The molecule has 0 amide bonds. The zero-order chi connectivity index (χ0) is 18.2. The number of rotatable bonds is 10. The first-order chi connectivity index (χ1) is 12.8. The third kappa shape index (κ3) is 7.81. The Labute approximate surface area is 197 Å². The number of hydrogen-bond donors (Lipinski definition) is 2. The van der Waals surface area contributed by atoms with Gasteiger partial charge in [0.2, 0.25) is 0 Å². The van der Waals surface area contributed by atoms with E-state index in [0.29, 0.717) is 0 Å². The first kappa shape index (κ1) is 23.5. The third-order valence-corrected chi connectivity index (χ3v) is 16.5. The first-order valence-corrected chi connectivity index (χ1v) is 17.3. The summed E-state index contributed by atoms with van der Waals surface area (Å²) in [6.07, 6.45) is 5.91. The maximum Gasteiger partial charge on any atom is 0.0596 e. The van der Waals surface area contributed by atoms with Crippen LogP contribution >= 0.6 is 95.8 Å². The molecule has 0 spiro atoms. The smallest absolute Gasteiger partial charge is 0.0596 e. The molecule has 3 fully saturated rings. The second-order valence-electron chi connectivity index (χ2n) is 7.29. The Kier molecular flexibility index (Phi) is 12.0. The molecule has 6 atom stereocenters. The highest BCUT2D eigenvalue weighted by Gasteiger charge is 2.29. The van der Waals surface area contributed by atoms with Crippen molar-refractivity contribution in [3.05, 3.63) is 0 Å². The number of hydrogen-bond acceptors (Lipinski definition) is 8. The van der Waals surface area contributed by atoms with Gasteiger partial charge in [0.15, 0.2) is 0 Å². The lowest BCUT2D eigenvalue weighted by Gasteiger charge is -2.31. The van der Waals surface area contributed by atoms with E-state index in [1.807, 2.05) is 0 Å². The molecule has 3 rings (SSSR count). The Hall–Kier alpha value is 2.80. The highest BCUT2D eigenvalue weighted by molar-refractivity contribution is 8.22. The van der Waals surface area contributed by atoms with E-state index in [0.717, 1.165) is 43.0 Å². The lowest BCUT2D eigenvalue weighted by atomic mass is 9.81. The van der Waals surface area contributed by atoms with Gasteiger partial charge in [0, 0.05) is 45.0 Å². The summed E-state index contributed by atoms with van der Waals surface area (Å²) in [5.41, 5.74) is 0. The predicted octanol–water partition coefficient (Wildman–Crippen LogP) is 6.47. The van der Waals surface area contributed by atoms with Crippen LogP contribution in [0.5, 0.6) is 0 Å². The van der Waals surface area contributed by atoms with Gasteiger partial charge in [0.05, 0.1) is 9.16 Å². The van der Waals surface area contributed by atoms with E-state index < -0.39 is 0 Å². The normalized spacial score (nSPS) is 38.1. The van der Waals surface area contributed by atoms with Crippen molar-refractivity contribution >= 4 is 95.8 Å². The Bertz CT molecular complexity index is 359. The molecular formula is C18H32S8. The van der Waals surface area contributed by atoms with Gasteiger partial charge in [-0.2, -0.15) is 48.8 Å². The molecule has 2 saturated heterocycles. The van der Waals surface area contributed by atoms with Crippen molar-refractivity contribution in [1.82, 2.24) is 0 Å². The zero-order valence-electron chi connectivity index (χ0n) is 15.3. The molecule has 1 saturated carbocycles. The summed E-state index contributed by atoms with van der Waals surface area (Å²) < 4.78 is 1.65. The minimum Gasteiger partial charge on any atom is -0.178 e. The van der Waals surface area contributed by atoms with Crippen LogP contribution in [0.3, 0.4) is 0 Å². The van der Waals surface area contributed by atoms with Crippen LogP contribution in [-0.4, -0.2) is 65.7 Å². The van der Waals surface area contributed by atoms with Crippen LogP contribution in [0.1, 0.15) is 25.7 Å². The Balaban J connectivity index is 1.31. The minimum absolute atomic E-state index is 0.793. The summed E-state index contributed by atoms with van der Waals surface area (Å²) in [7, 11) is 0. The lowest BCUT2D eigenvalue weighted by molar-refractivity contribution is 0.287. The molecule has 0 nitrogen and oxygen atoms in total. The summed E-state index contributed by atoms with van der Waals surface area (Å²) in [5, 5.41) is 1.59. The van der Waals surface area contributed by atoms with E-state index in [1.54, 1.807) is 0 Å². The van der Waals surface area contributed by atoms with Crippen LogP contribution in [0.25, 0.3) is 0 Å². The molecular weight excluding hydrogens is 473 g/mol. The van der Waals surface area contributed by atoms with Crippen LogP contribution in [-0.2, 0) is 0 Å². The van der Waals surface area contributed by atoms with Gasteiger partial charge in [-0.05, 0) is 36.2 Å². The average molecular weight is 505 g/mol. The van der Waals surface area contributed by atoms with Crippen molar-refractivity contribution in [2.45, 2.75) is 45.3 Å². The highest BCUT2D eigenvalue weighted by Crippen LogP contribution is 2.43. The topological polar surface area (TPSA) is 0 Å². The van der Waals surface area contributed by atoms with Gasteiger partial charge in [-0.15, -0.1) is 47.0 Å². The monoisotopic (exact) mass is 504 g/mol. The SMILES string of the molecule is SCC1CSC(CSCC2CCCCC2CSCC2SCC(CS)S2)S1. The quantitative estimate of drug-likeness (QED) is 0.325. The van der Waals surface area contributed by atoms with Crippen LogP contribution in [0, 0.1) is 11.8 Å². The molecule has 6 unspecified atom stereocenters. The van der Waals surface area contributed by atoms with Crippen molar-refractivity contribution in [1.29, 1.82) is 0 Å². The van der Waals surface area contributed by atoms with E-state index in [-0.39, 0.29) is 0 Å². The molecule has 3 aliphatic rings. The first-order valence-electron chi connectivity index (χ1n) is 9.69. The summed E-state index contributed by atoms with van der Waals surface area (Å²) in [4.78, 5) is 0. The van der Waals surface area contributed by atoms with Crippen LogP contribution in [0.2, 0.25) is 0 Å². The Morgan fingerprint density at radius 2 is 1.15 bits per heavy atom. The van der Waals surface area contributed by atoms with Crippen molar-refractivity contribution in [2.75, 3.05) is 46.0 Å². The van der Waals surface area contributed by atoms with E-state index in [1.165, 1.54) is 60.2 Å². The molecule has 2 aliphatic heterocycles. The standard InChI is InChI=1S/C18H32S8/c19-5-15-9-23-17(25-15)11-21-7-13-3-1-2-4-14(13)8-22-12-18-24-10-16(6-20)26-18/h13-20H,1-12H2. The molecule has 2 heterocycles. The summed E-state index contributed by atoms with van der Waals surface area (Å²) >= 11 is 22.1. The van der Waals surface area contributed by atoms with Gasteiger partial charge < -0.3 is 0 Å². The highest BCUT2D eigenvalue weighted by atomic mass is 32.2. The van der Waals surface area contributed by atoms with Gasteiger partial charge in [0.25, 0.3) is 0 Å². The Morgan fingerprint density at radius 3 is 1.54 bits per heavy atom. The summed E-state index contributed by atoms with van der Waals surface area (Å²) in [5.74, 6) is 12.2. The summed E-state index contributed by atoms with van der Waals surface area (Å²) in [6, 6.07) is 0. The van der Waals surface area contributed by atoms with Crippen molar-refractivity contribution in [2.24, 2.45) is 11.8 Å². The molecule has 26 heavy (non-hydrogen) atoms. The molecule has 0 aromatic heterocycles. The van der Waals surface area contributed by atoms with E-state index in [4.69, 9.17) is 0 Å². The fourth-order valence-corrected chi connectivity index (χ4v) is 14.8. The van der Waals surface area contributed by atoms with E-state index >= 15 is 0 Å². The lowest BCUT2D eigenvalue weighted by Crippen LogP contribution is -2.24. The van der Waals surface area contributed by atoms with Gasteiger partial charge in [-0.3, -0.25) is 0 Å². The molecule has 0 bridgehead atoms. The molecule has 8 heteroatoms. The maximum absolute atomic E-state index is 4.47. The molecule has 0 N–H and O–H groups in total. The minimum atomic E-state index is 0.793. The van der Waals surface area contributed by atoms with Crippen LogP contribution in [0.4, 0.5) is 0 Å². The van der Waals surface area contributed by atoms with Gasteiger partial charge in [-0.1, -0.05) is 12.8 Å².